The van der Waals surface area contributed by atoms with E-state index in [4.69, 9.17) is 9.15 Å². The largest absolute Gasteiger partial charge is 0.467 e. The van der Waals surface area contributed by atoms with E-state index < -0.39 is 0 Å². The van der Waals surface area contributed by atoms with Crippen LogP contribution in [0.3, 0.4) is 0 Å². The first kappa shape index (κ1) is 13.1. The number of aryl methyl sites for hydroxylation is 1. The molecule has 5 nitrogen and oxygen atoms in total. The number of nitriles is 1. The summed E-state index contributed by atoms with van der Waals surface area (Å²) in [6, 6.07) is 5.75. The molecule has 5 heteroatoms. The van der Waals surface area contributed by atoms with Crippen molar-refractivity contribution in [1.82, 2.24) is 10.2 Å². The van der Waals surface area contributed by atoms with Gasteiger partial charge < -0.3 is 9.15 Å². The number of aromatic nitrogens is 2. The van der Waals surface area contributed by atoms with Crippen LogP contribution in [0, 0.1) is 11.3 Å². The van der Waals surface area contributed by atoms with Crippen LogP contribution in [0.2, 0.25) is 0 Å². The van der Waals surface area contributed by atoms with E-state index in [0.717, 1.165) is 24.1 Å². The van der Waals surface area contributed by atoms with Gasteiger partial charge in [-0.25, -0.2) is 0 Å². The first-order chi connectivity index (χ1) is 9.30. The van der Waals surface area contributed by atoms with Crippen molar-refractivity contribution in [3.05, 3.63) is 41.0 Å². The fourth-order valence-electron chi connectivity index (χ4n) is 1.90. The second kappa shape index (κ2) is 6.01. The summed E-state index contributed by atoms with van der Waals surface area (Å²) < 4.78 is 10.7. The molecule has 0 fully saturated rings. The number of hydrogen-bond donors (Lipinski definition) is 0. The van der Waals surface area contributed by atoms with Crippen molar-refractivity contribution < 1.29 is 9.15 Å². The molecule has 0 amide bonds. The first-order valence-corrected chi connectivity index (χ1v) is 6.23. The molecular formula is C14H15N3O2. The van der Waals surface area contributed by atoms with Crippen LogP contribution in [0.25, 0.3) is 0 Å². The Hall–Kier alpha value is -2.35. The zero-order chi connectivity index (χ0) is 13.7. The third-order valence-electron chi connectivity index (χ3n) is 2.86. The van der Waals surface area contributed by atoms with Crippen molar-refractivity contribution in [2.24, 2.45) is 0 Å². The predicted octanol–water partition coefficient (Wildman–Crippen LogP) is 2.65. The molecule has 2 aromatic rings. The molecule has 0 radical (unpaired) electrons. The maximum Gasteiger partial charge on any atom is 0.252 e. The fourth-order valence-corrected chi connectivity index (χ4v) is 1.90. The van der Waals surface area contributed by atoms with Gasteiger partial charge in [0.15, 0.2) is 0 Å². The van der Waals surface area contributed by atoms with E-state index in [1.54, 1.807) is 18.4 Å². The van der Waals surface area contributed by atoms with Crippen LogP contribution in [0.1, 0.15) is 36.4 Å². The Bertz CT molecular complexity index is 585. The average molecular weight is 257 g/mol. The Morgan fingerprint density at radius 2 is 2.16 bits per heavy atom. The molecule has 0 saturated carbocycles. The van der Waals surface area contributed by atoms with E-state index in [1.165, 1.54) is 0 Å². The van der Waals surface area contributed by atoms with Gasteiger partial charge in [-0.2, -0.15) is 10.4 Å². The quantitative estimate of drug-likeness (QED) is 0.823. The highest BCUT2D eigenvalue weighted by Gasteiger charge is 2.15. The highest BCUT2D eigenvalue weighted by Crippen LogP contribution is 2.22. The molecule has 0 aliphatic carbocycles. The minimum atomic E-state index is 0.241. The smallest absolute Gasteiger partial charge is 0.252 e. The van der Waals surface area contributed by atoms with Crippen LogP contribution in [-0.2, 0) is 19.4 Å². The van der Waals surface area contributed by atoms with Crippen molar-refractivity contribution >= 4 is 0 Å². The van der Waals surface area contributed by atoms with Gasteiger partial charge in [-0.3, -0.25) is 0 Å². The minimum absolute atomic E-state index is 0.241. The Morgan fingerprint density at radius 3 is 2.74 bits per heavy atom. The fraction of sp³-hybridized carbons (Fsp3) is 0.357. The van der Waals surface area contributed by atoms with E-state index in [1.807, 2.05) is 13.8 Å². The number of rotatable bonds is 5. The van der Waals surface area contributed by atoms with E-state index in [2.05, 4.69) is 16.3 Å². The third-order valence-corrected chi connectivity index (χ3v) is 2.86. The van der Waals surface area contributed by atoms with Crippen molar-refractivity contribution in [3.63, 3.8) is 0 Å². The summed E-state index contributed by atoms with van der Waals surface area (Å²) in [7, 11) is 0. The molecule has 98 valence electrons. The summed E-state index contributed by atoms with van der Waals surface area (Å²) in [5.41, 5.74) is 2.24. The molecule has 0 saturated heterocycles. The first-order valence-electron chi connectivity index (χ1n) is 6.23. The zero-order valence-electron chi connectivity index (χ0n) is 11.0. The normalized spacial score (nSPS) is 10.2. The molecule has 0 aliphatic heterocycles. The summed E-state index contributed by atoms with van der Waals surface area (Å²) in [5.74, 6) is 0.955. The highest BCUT2D eigenvalue weighted by atomic mass is 16.5. The molecule has 0 bridgehead atoms. The van der Waals surface area contributed by atoms with Crippen LogP contribution in [0.5, 0.6) is 5.88 Å². The Labute approximate surface area is 111 Å². The average Bonchev–Trinajstić information content (AvgIpc) is 2.96. The second-order valence-electron chi connectivity index (χ2n) is 3.99. The molecule has 0 N–H and O–H groups in total. The lowest BCUT2D eigenvalue weighted by Crippen LogP contribution is -2.07. The Balaban J connectivity index is 2.28. The molecule has 19 heavy (non-hydrogen) atoms. The summed E-state index contributed by atoms with van der Waals surface area (Å²) >= 11 is 0. The van der Waals surface area contributed by atoms with Gasteiger partial charge in [0.1, 0.15) is 24.0 Å². The molecule has 0 atom stereocenters. The molecule has 0 aromatic carbocycles. The van der Waals surface area contributed by atoms with Crippen LogP contribution in [-0.4, -0.2) is 10.2 Å². The SMILES string of the molecule is CCc1nnc(OCc2ccco2)c(C#N)c1CC. The number of furan rings is 1. The standard InChI is InChI=1S/C14H15N3O2/c1-3-11-12(8-15)14(17-16-13(11)4-2)19-9-10-6-5-7-18-10/h5-7H,3-4,9H2,1-2H3. The van der Waals surface area contributed by atoms with Gasteiger partial charge >= 0.3 is 0 Å². The molecule has 0 unspecified atom stereocenters. The van der Waals surface area contributed by atoms with Gasteiger partial charge in [-0.05, 0) is 30.5 Å². The lowest BCUT2D eigenvalue weighted by Gasteiger charge is -2.10. The van der Waals surface area contributed by atoms with E-state index >= 15 is 0 Å². The molecule has 2 aromatic heterocycles. The molecule has 2 rings (SSSR count). The minimum Gasteiger partial charge on any atom is -0.467 e. The van der Waals surface area contributed by atoms with E-state index in [9.17, 15) is 5.26 Å². The number of nitrogens with zero attached hydrogens (tertiary/aromatic N) is 3. The molecular weight excluding hydrogens is 242 g/mol. The van der Waals surface area contributed by atoms with Crippen molar-refractivity contribution in [2.75, 3.05) is 0 Å². The van der Waals surface area contributed by atoms with Crippen LogP contribution >= 0.6 is 0 Å². The molecule has 0 aliphatic rings. The topological polar surface area (TPSA) is 71.9 Å². The van der Waals surface area contributed by atoms with E-state index in [-0.39, 0.29) is 12.5 Å². The van der Waals surface area contributed by atoms with Crippen molar-refractivity contribution in [2.45, 2.75) is 33.3 Å². The highest BCUT2D eigenvalue weighted by molar-refractivity contribution is 5.46. The summed E-state index contributed by atoms with van der Waals surface area (Å²) in [6.45, 7) is 4.23. The van der Waals surface area contributed by atoms with Crippen molar-refractivity contribution in [1.29, 1.82) is 5.26 Å². The van der Waals surface area contributed by atoms with Crippen LogP contribution in [0.4, 0.5) is 0 Å². The van der Waals surface area contributed by atoms with Gasteiger partial charge in [0.05, 0.1) is 12.0 Å². The Kier molecular flexibility index (Phi) is 4.14. The van der Waals surface area contributed by atoms with Crippen molar-refractivity contribution in [3.8, 4) is 11.9 Å². The summed E-state index contributed by atoms with van der Waals surface area (Å²) in [4.78, 5) is 0. The van der Waals surface area contributed by atoms with Crippen LogP contribution in [0.15, 0.2) is 22.8 Å². The molecule has 2 heterocycles. The number of ether oxygens (including phenoxy) is 1. The summed E-state index contributed by atoms with van der Waals surface area (Å²) in [6.07, 6.45) is 3.06. The van der Waals surface area contributed by atoms with Crippen LogP contribution < -0.4 is 4.74 Å². The Morgan fingerprint density at radius 1 is 1.32 bits per heavy atom. The third kappa shape index (κ3) is 2.74. The van der Waals surface area contributed by atoms with Gasteiger partial charge in [-0.15, -0.1) is 5.10 Å². The van der Waals surface area contributed by atoms with Gasteiger partial charge in [0, 0.05) is 0 Å². The van der Waals surface area contributed by atoms with Gasteiger partial charge in [0.25, 0.3) is 5.88 Å². The number of hydrogen-bond acceptors (Lipinski definition) is 5. The lowest BCUT2D eigenvalue weighted by molar-refractivity contribution is 0.256. The maximum absolute atomic E-state index is 9.29. The van der Waals surface area contributed by atoms with Gasteiger partial charge in [-0.1, -0.05) is 13.8 Å². The second-order valence-corrected chi connectivity index (χ2v) is 3.99. The van der Waals surface area contributed by atoms with Gasteiger partial charge in [0.2, 0.25) is 0 Å². The molecule has 0 spiro atoms. The predicted molar refractivity (Wildman–Crippen MR) is 68.5 cm³/mol. The lowest BCUT2D eigenvalue weighted by atomic mass is 10.0. The maximum atomic E-state index is 9.29. The summed E-state index contributed by atoms with van der Waals surface area (Å²) in [5, 5.41) is 17.4. The van der Waals surface area contributed by atoms with E-state index in [0.29, 0.717) is 11.3 Å². The monoisotopic (exact) mass is 257 g/mol. The zero-order valence-corrected chi connectivity index (χ0v) is 11.0.